The largest absolute Gasteiger partial charge is 0.478 e. The second-order valence-electron chi connectivity index (χ2n) is 7.44. The van der Waals surface area contributed by atoms with Crippen molar-refractivity contribution in [3.63, 3.8) is 0 Å². The Kier molecular flexibility index (Phi) is 5.35. The molecule has 4 N–H and O–H groups in total. The number of hydrogen-bond donors (Lipinski definition) is 4. The van der Waals surface area contributed by atoms with Crippen LogP contribution in [0.5, 0.6) is 11.5 Å². The maximum absolute atomic E-state index is 11.9. The van der Waals surface area contributed by atoms with Crippen LogP contribution in [0, 0.1) is 0 Å². The molecule has 3 aromatic rings. The standard InChI is InChI=1S/C22H18ClN5O5/c23-14-9-24-22(25-12-5-4-11-2-1-3-17(29)26-15(11)8-12)28-20(14)27-18-13(21(30)31)6-7-16-19(18)33-10-32-16/h4-9H,1-3,10H2,(H,26,29)(H,30,31)(H2,24,25,27,28). The van der Waals surface area contributed by atoms with E-state index in [1.807, 2.05) is 18.2 Å². The molecule has 33 heavy (non-hydrogen) atoms. The number of halogens is 1. The zero-order chi connectivity index (χ0) is 22.9. The van der Waals surface area contributed by atoms with Gasteiger partial charge in [0.2, 0.25) is 18.6 Å². The Morgan fingerprint density at radius 2 is 2.03 bits per heavy atom. The Hall–Kier alpha value is -4.05. The van der Waals surface area contributed by atoms with E-state index in [2.05, 4.69) is 25.9 Å². The number of aromatic carboxylic acids is 1. The van der Waals surface area contributed by atoms with Crippen LogP contribution in [0.1, 0.15) is 28.8 Å². The number of aromatic nitrogens is 2. The van der Waals surface area contributed by atoms with E-state index in [-0.39, 0.29) is 46.5 Å². The molecule has 5 rings (SSSR count). The first-order chi connectivity index (χ1) is 16.0. The van der Waals surface area contributed by atoms with Gasteiger partial charge in [0.05, 0.1) is 11.8 Å². The fourth-order valence-corrected chi connectivity index (χ4v) is 3.82. The van der Waals surface area contributed by atoms with E-state index < -0.39 is 5.97 Å². The predicted molar refractivity (Wildman–Crippen MR) is 121 cm³/mol. The lowest BCUT2D eigenvalue weighted by Gasteiger charge is -2.14. The summed E-state index contributed by atoms with van der Waals surface area (Å²) < 4.78 is 10.8. The number of aryl methyl sites for hydroxylation is 1. The van der Waals surface area contributed by atoms with Gasteiger partial charge in [-0.1, -0.05) is 17.7 Å². The summed E-state index contributed by atoms with van der Waals surface area (Å²) in [6.07, 6.45) is 3.50. The summed E-state index contributed by atoms with van der Waals surface area (Å²) in [5.41, 5.74) is 2.64. The Labute approximate surface area is 192 Å². The van der Waals surface area contributed by atoms with E-state index >= 15 is 0 Å². The number of hydrogen-bond acceptors (Lipinski definition) is 8. The first kappa shape index (κ1) is 20.8. The van der Waals surface area contributed by atoms with Crippen LogP contribution in [0.25, 0.3) is 0 Å². The maximum atomic E-state index is 11.9. The lowest BCUT2D eigenvalue weighted by atomic mass is 10.1. The Morgan fingerprint density at radius 3 is 2.88 bits per heavy atom. The van der Waals surface area contributed by atoms with Gasteiger partial charge in [-0.05, 0) is 42.7 Å². The molecule has 10 nitrogen and oxygen atoms in total. The third-order valence-corrected chi connectivity index (χ3v) is 5.52. The number of carbonyl (C=O) groups excluding carboxylic acids is 1. The van der Waals surface area contributed by atoms with Gasteiger partial charge in [0.25, 0.3) is 0 Å². The van der Waals surface area contributed by atoms with Gasteiger partial charge in [-0.15, -0.1) is 0 Å². The van der Waals surface area contributed by atoms with Gasteiger partial charge in [-0.2, -0.15) is 4.98 Å². The van der Waals surface area contributed by atoms with E-state index in [4.69, 9.17) is 21.1 Å². The summed E-state index contributed by atoms with van der Waals surface area (Å²) >= 11 is 6.28. The average Bonchev–Trinajstić information content (AvgIpc) is 3.19. The van der Waals surface area contributed by atoms with Crippen molar-refractivity contribution in [2.45, 2.75) is 19.3 Å². The lowest BCUT2D eigenvalue weighted by molar-refractivity contribution is -0.116. The second-order valence-corrected chi connectivity index (χ2v) is 7.85. The highest BCUT2D eigenvalue weighted by Gasteiger charge is 2.25. The van der Waals surface area contributed by atoms with Gasteiger partial charge < -0.3 is 30.5 Å². The number of anilines is 5. The number of carboxylic acid groups (broad SMARTS) is 1. The summed E-state index contributed by atoms with van der Waals surface area (Å²) in [7, 11) is 0. The molecular weight excluding hydrogens is 450 g/mol. The molecule has 2 aliphatic rings. The molecular formula is C22H18ClN5O5. The van der Waals surface area contributed by atoms with Crippen LogP contribution in [0.2, 0.25) is 5.02 Å². The molecule has 0 aliphatic carbocycles. The van der Waals surface area contributed by atoms with Crippen molar-refractivity contribution in [1.82, 2.24) is 9.97 Å². The third-order valence-electron chi connectivity index (χ3n) is 5.25. The quantitative estimate of drug-likeness (QED) is 0.432. The van der Waals surface area contributed by atoms with Crippen LogP contribution < -0.4 is 25.4 Å². The van der Waals surface area contributed by atoms with E-state index in [0.717, 1.165) is 24.1 Å². The number of rotatable bonds is 5. The topological polar surface area (TPSA) is 135 Å². The molecule has 1 amide bonds. The van der Waals surface area contributed by atoms with Crippen molar-refractivity contribution >= 4 is 52.3 Å². The van der Waals surface area contributed by atoms with E-state index in [1.165, 1.54) is 18.3 Å². The van der Waals surface area contributed by atoms with Gasteiger partial charge in [0.1, 0.15) is 10.7 Å². The second kappa shape index (κ2) is 8.47. The van der Waals surface area contributed by atoms with E-state index in [0.29, 0.717) is 17.9 Å². The van der Waals surface area contributed by atoms with Gasteiger partial charge >= 0.3 is 5.97 Å². The fraction of sp³-hybridized carbons (Fsp3) is 0.182. The fourth-order valence-electron chi connectivity index (χ4n) is 3.68. The third kappa shape index (κ3) is 4.20. The zero-order valence-corrected chi connectivity index (χ0v) is 17.9. The summed E-state index contributed by atoms with van der Waals surface area (Å²) in [6, 6.07) is 8.59. The number of nitrogens with zero attached hydrogens (tertiary/aromatic N) is 2. The molecule has 0 spiro atoms. The normalized spacial score (nSPS) is 14.2. The number of nitrogens with one attached hydrogen (secondary N) is 3. The molecule has 0 atom stereocenters. The van der Waals surface area contributed by atoms with Crippen molar-refractivity contribution in [1.29, 1.82) is 0 Å². The van der Waals surface area contributed by atoms with Crippen molar-refractivity contribution in [3.8, 4) is 11.5 Å². The van der Waals surface area contributed by atoms with Crippen molar-refractivity contribution in [2.75, 3.05) is 22.7 Å². The minimum atomic E-state index is -1.15. The summed E-state index contributed by atoms with van der Waals surface area (Å²) in [5, 5.41) is 18.7. The molecule has 168 valence electrons. The van der Waals surface area contributed by atoms with Crippen molar-refractivity contribution in [2.24, 2.45) is 0 Å². The van der Waals surface area contributed by atoms with Crippen LogP contribution in [0.4, 0.5) is 28.8 Å². The highest BCUT2D eigenvalue weighted by atomic mass is 35.5. The molecule has 0 saturated heterocycles. The van der Waals surface area contributed by atoms with Crippen LogP contribution in [-0.4, -0.2) is 33.7 Å². The summed E-state index contributed by atoms with van der Waals surface area (Å²) in [4.78, 5) is 32.2. The number of benzene rings is 2. The molecule has 0 radical (unpaired) electrons. The van der Waals surface area contributed by atoms with E-state index in [1.54, 1.807) is 0 Å². The highest BCUT2D eigenvalue weighted by molar-refractivity contribution is 6.33. The SMILES string of the molecule is O=C1CCCc2ccc(Nc3ncc(Cl)c(Nc4c(C(=O)O)ccc5c4OCO5)n3)cc2N1. The average molecular weight is 468 g/mol. The first-order valence-corrected chi connectivity index (χ1v) is 10.5. The van der Waals surface area contributed by atoms with Crippen LogP contribution in [-0.2, 0) is 11.2 Å². The maximum Gasteiger partial charge on any atom is 0.337 e. The van der Waals surface area contributed by atoms with Crippen LogP contribution >= 0.6 is 11.6 Å². The number of carboxylic acids is 1. The molecule has 0 unspecified atom stereocenters. The Morgan fingerprint density at radius 1 is 1.15 bits per heavy atom. The Bertz CT molecular complexity index is 1280. The molecule has 1 aromatic heterocycles. The minimum absolute atomic E-state index is 0.0176. The van der Waals surface area contributed by atoms with Gasteiger partial charge in [-0.3, -0.25) is 4.79 Å². The molecule has 0 saturated carbocycles. The molecule has 2 aromatic carbocycles. The molecule has 2 aliphatic heterocycles. The van der Waals surface area contributed by atoms with Gasteiger partial charge in [0, 0.05) is 17.8 Å². The first-order valence-electron chi connectivity index (χ1n) is 10.1. The monoisotopic (exact) mass is 467 g/mol. The summed E-state index contributed by atoms with van der Waals surface area (Å²) in [5.74, 6) is -0.0759. The molecule has 11 heteroatoms. The smallest absolute Gasteiger partial charge is 0.337 e. The minimum Gasteiger partial charge on any atom is -0.478 e. The Balaban J connectivity index is 1.44. The van der Waals surface area contributed by atoms with Gasteiger partial charge in [-0.25, -0.2) is 9.78 Å². The number of carbonyl (C=O) groups is 2. The van der Waals surface area contributed by atoms with E-state index in [9.17, 15) is 14.7 Å². The number of amides is 1. The number of fused-ring (bicyclic) bond motifs is 2. The predicted octanol–water partition coefficient (Wildman–Crippen LogP) is 4.32. The number of ether oxygens (including phenoxy) is 2. The van der Waals surface area contributed by atoms with Crippen LogP contribution in [0.3, 0.4) is 0 Å². The zero-order valence-electron chi connectivity index (χ0n) is 17.1. The van der Waals surface area contributed by atoms with Crippen molar-refractivity contribution in [3.05, 3.63) is 52.7 Å². The van der Waals surface area contributed by atoms with Crippen LogP contribution in [0.15, 0.2) is 36.5 Å². The molecule has 3 heterocycles. The molecule has 0 bridgehead atoms. The molecule has 0 fully saturated rings. The van der Waals surface area contributed by atoms with Crippen molar-refractivity contribution < 1.29 is 24.2 Å². The lowest BCUT2D eigenvalue weighted by Crippen LogP contribution is -2.09. The highest BCUT2D eigenvalue weighted by Crippen LogP contribution is 2.43. The summed E-state index contributed by atoms with van der Waals surface area (Å²) in [6.45, 7) is -0.0216. The van der Waals surface area contributed by atoms with Gasteiger partial charge in [0.15, 0.2) is 17.3 Å².